The monoisotopic (exact) mass is 584 g/mol. The molecule has 0 N–H and O–H groups in total. The van der Waals surface area contributed by atoms with Crippen molar-refractivity contribution in [2.24, 2.45) is 0 Å². The second kappa shape index (κ2) is 17.6. The van der Waals surface area contributed by atoms with Crippen molar-refractivity contribution in [2.45, 2.75) is 32.5 Å². The van der Waals surface area contributed by atoms with Gasteiger partial charge < -0.3 is 9.47 Å². The van der Waals surface area contributed by atoms with Gasteiger partial charge in [-0.05, 0) is 59.4 Å². The van der Waals surface area contributed by atoms with Gasteiger partial charge in [0.2, 0.25) is 6.29 Å². The Bertz CT molecular complexity index is 1270. The van der Waals surface area contributed by atoms with Crippen LogP contribution in [0.15, 0.2) is 109 Å². The second-order valence-corrected chi connectivity index (χ2v) is 9.62. The molecule has 224 valence electrons. The Hall–Kier alpha value is -4.34. The molecule has 43 heavy (non-hydrogen) atoms. The van der Waals surface area contributed by atoms with E-state index in [-0.39, 0.29) is 24.2 Å². The van der Waals surface area contributed by atoms with Crippen LogP contribution in [0, 0.1) is 0 Å². The van der Waals surface area contributed by atoms with Crippen LogP contribution < -0.4 is 0 Å². The minimum Gasteiger partial charge on any atom is -0.381 e. The summed E-state index contributed by atoms with van der Waals surface area (Å²) in [5, 5.41) is 0. The van der Waals surface area contributed by atoms with Gasteiger partial charge in [0.1, 0.15) is 0 Å². The van der Waals surface area contributed by atoms with Crippen LogP contribution in [0.4, 0.5) is 0 Å². The van der Waals surface area contributed by atoms with Crippen LogP contribution in [0.25, 0.3) is 22.3 Å². The topological polar surface area (TPSA) is 89.5 Å². The molecule has 4 rings (SSSR count). The van der Waals surface area contributed by atoms with E-state index in [4.69, 9.17) is 29.0 Å². The third kappa shape index (κ3) is 10.5. The number of hydrogen-bond donors (Lipinski definition) is 0. The molecule has 0 unspecified atom stereocenters. The molecular formula is C35H36O8. The lowest BCUT2D eigenvalue weighted by Crippen LogP contribution is -2.24. The van der Waals surface area contributed by atoms with Crippen molar-refractivity contribution in [2.75, 3.05) is 26.4 Å². The molecule has 8 nitrogen and oxygen atoms in total. The fourth-order valence-corrected chi connectivity index (χ4v) is 4.05. The van der Waals surface area contributed by atoms with Crippen LogP contribution in [-0.2, 0) is 29.0 Å². The van der Waals surface area contributed by atoms with Crippen molar-refractivity contribution in [3.63, 3.8) is 0 Å². The maximum atomic E-state index is 12.7. The Kier molecular flexibility index (Phi) is 12.9. The van der Waals surface area contributed by atoms with Crippen LogP contribution in [0.5, 0.6) is 0 Å². The highest BCUT2D eigenvalue weighted by Crippen LogP contribution is 2.21. The van der Waals surface area contributed by atoms with E-state index in [0.29, 0.717) is 19.8 Å². The van der Waals surface area contributed by atoms with Crippen LogP contribution in [0.2, 0.25) is 0 Å². The van der Waals surface area contributed by atoms with Crippen molar-refractivity contribution < 1.29 is 38.6 Å². The van der Waals surface area contributed by atoms with Gasteiger partial charge in [-0.3, -0.25) is 9.78 Å². The van der Waals surface area contributed by atoms with E-state index >= 15 is 0 Å². The largest absolute Gasteiger partial charge is 0.381 e. The molecule has 0 spiro atoms. The van der Waals surface area contributed by atoms with Gasteiger partial charge in [-0.2, -0.15) is 0 Å². The average Bonchev–Trinajstić information content (AvgIpc) is 3.07. The normalized spacial score (nSPS) is 10.9. The number of carbonyl (C=O) groups excluding carboxylic acids is 2. The highest BCUT2D eigenvalue weighted by molar-refractivity contribution is 5.90. The van der Waals surface area contributed by atoms with Crippen molar-refractivity contribution in [1.82, 2.24) is 0 Å². The molecule has 0 amide bonds. The van der Waals surface area contributed by atoms with E-state index in [1.165, 1.54) is 0 Å². The van der Waals surface area contributed by atoms with Gasteiger partial charge >= 0.3 is 11.9 Å². The van der Waals surface area contributed by atoms with Crippen molar-refractivity contribution in [3.05, 3.63) is 120 Å². The minimum absolute atomic E-state index is 0.135. The summed E-state index contributed by atoms with van der Waals surface area (Å²) in [5.74, 6) is -1.44. The molecule has 0 radical (unpaired) electrons. The van der Waals surface area contributed by atoms with Gasteiger partial charge in [0.05, 0.1) is 17.7 Å². The summed E-state index contributed by atoms with van der Waals surface area (Å²) in [7, 11) is 0. The Balaban J connectivity index is 1.30. The number of rotatable bonds is 17. The minimum atomic E-state index is -1.21. The molecule has 8 heteroatoms. The average molecular weight is 585 g/mol. The van der Waals surface area contributed by atoms with Gasteiger partial charge in [0, 0.05) is 26.2 Å². The molecule has 0 heterocycles. The first-order valence-electron chi connectivity index (χ1n) is 14.4. The summed E-state index contributed by atoms with van der Waals surface area (Å²) in [5.41, 5.74) is 4.55. The Morgan fingerprint density at radius 3 is 1.40 bits per heavy atom. The zero-order valence-electron chi connectivity index (χ0n) is 24.2. The lowest BCUT2D eigenvalue weighted by molar-refractivity contribution is -0.422. The quantitative estimate of drug-likeness (QED) is 0.0547. The number of hydrogen-bond acceptors (Lipinski definition) is 8. The van der Waals surface area contributed by atoms with Gasteiger partial charge in [0.15, 0.2) is 0 Å². The summed E-state index contributed by atoms with van der Waals surface area (Å²) < 4.78 is 11.1. The van der Waals surface area contributed by atoms with E-state index in [0.717, 1.165) is 35.1 Å². The molecule has 0 saturated carbocycles. The maximum Gasteiger partial charge on any atom is 0.373 e. The smallest absolute Gasteiger partial charge is 0.373 e. The molecular weight excluding hydrogens is 548 g/mol. The predicted molar refractivity (Wildman–Crippen MR) is 162 cm³/mol. The van der Waals surface area contributed by atoms with Gasteiger partial charge in [-0.1, -0.05) is 91.9 Å². The number of carbonyl (C=O) groups is 2. The SMILES string of the molecule is CCCOCCCOCCC(OOC(=O)c1ccc(-c2ccccc2)cc1)OOC(=O)c1ccc(-c2ccccc2)cc1. The van der Waals surface area contributed by atoms with Crippen LogP contribution in [0.1, 0.15) is 46.9 Å². The van der Waals surface area contributed by atoms with Crippen molar-refractivity contribution >= 4 is 11.9 Å². The van der Waals surface area contributed by atoms with E-state index in [1.807, 2.05) is 84.9 Å². The molecule has 0 aliphatic carbocycles. The molecule has 0 aliphatic heterocycles. The summed E-state index contributed by atoms with van der Waals surface area (Å²) >= 11 is 0. The lowest BCUT2D eigenvalue weighted by Gasteiger charge is -2.15. The molecule has 0 aromatic heterocycles. The van der Waals surface area contributed by atoms with Crippen LogP contribution in [-0.4, -0.2) is 44.7 Å². The maximum absolute atomic E-state index is 12.7. The van der Waals surface area contributed by atoms with E-state index in [2.05, 4.69) is 6.92 Å². The fraction of sp³-hybridized carbons (Fsp3) is 0.257. The molecule has 0 fully saturated rings. The molecule has 4 aromatic rings. The van der Waals surface area contributed by atoms with E-state index < -0.39 is 18.2 Å². The zero-order valence-corrected chi connectivity index (χ0v) is 24.2. The number of benzene rings is 4. The van der Waals surface area contributed by atoms with Gasteiger partial charge in [-0.25, -0.2) is 9.59 Å². The molecule has 0 bridgehead atoms. The highest BCUT2D eigenvalue weighted by atomic mass is 17.3. The highest BCUT2D eigenvalue weighted by Gasteiger charge is 2.20. The third-order valence-corrected chi connectivity index (χ3v) is 6.34. The first-order valence-corrected chi connectivity index (χ1v) is 14.4. The Morgan fingerprint density at radius 1 is 0.535 bits per heavy atom. The summed E-state index contributed by atoms with van der Waals surface area (Å²) in [6.07, 6.45) is 0.615. The molecule has 4 aromatic carbocycles. The van der Waals surface area contributed by atoms with Crippen LogP contribution in [0.3, 0.4) is 0 Å². The van der Waals surface area contributed by atoms with Gasteiger partial charge in [-0.15, -0.1) is 9.78 Å². The van der Waals surface area contributed by atoms with Crippen molar-refractivity contribution in [3.8, 4) is 22.3 Å². The standard InChI is InChI=1S/C35H36O8/c1-2-23-38-24-9-25-39-26-22-33(40-42-34(36)31-18-14-29(15-19-31)27-10-5-3-6-11-27)41-43-35(37)32-20-16-30(17-21-32)28-12-7-4-8-13-28/h3-8,10-21,33H,2,9,22-26H2,1H3. The fourth-order valence-electron chi connectivity index (χ4n) is 4.05. The Morgan fingerprint density at radius 2 is 0.953 bits per heavy atom. The summed E-state index contributed by atoms with van der Waals surface area (Å²) in [6, 6.07) is 33.5. The van der Waals surface area contributed by atoms with E-state index in [9.17, 15) is 9.59 Å². The van der Waals surface area contributed by atoms with Crippen LogP contribution >= 0.6 is 0 Å². The van der Waals surface area contributed by atoms with E-state index in [1.54, 1.807) is 24.3 Å². The first-order chi connectivity index (χ1) is 21.1. The first kappa shape index (κ1) is 31.6. The van der Waals surface area contributed by atoms with Crippen molar-refractivity contribution in [1.29, 1.82) is 0 Å². The lowest BCUT2D eigenvalue weighted by atomic mass is 10.0. The zero-order chi connectivity index (χ0) is 30.1. The predicted octanol–water partition coefficient (Wildman–Crippen LogP) is 7.45. The number of ether oxygens (including phenoxy) is 2. The molecule has 0 aliphatic rings. The van der Waals surface area contributed by atoms with Gasteiger partial charge in [0.25, 0.3) is 0 Å². The summed E-state index contributed by atoms with van der Waals surface area (Å²) in [6.45, 7) is 4.05. The third-order valence-electron chi connectivity index (χ3n) is 6.34. The molecule has 0 saturated heterocycles. The summed E-state index contributed by atoms with van der Waals surface area (Å²) in [4.78, 5) is 45.8. The molecule has 0 atom stereocenters. The Labute approximate surface area is 251 Å². The second-order valence-electron chi connectivity index (χ2n) is 9.62.